The summed E-state index contributed by atoms with van der Waals surface area (Å²) in [5, 5.41) is 10.4. The molecule has 0 amide bonds. The van der Waals surface area contributed by atoms with E-state index in [0.29, 0.717) is 37.6 Å². The second-order valence-electron chi connectivity index (χ2n) is 5.63. The van der Waals surface area contributed by atoms with Crippen LogP contribution >= 0.6 is 0 Å². The number of nitrogens with zero attached hydrogens (tertiary/aromatic N) is 4. The highest BCUT2D eigenvalue weighted by Crippen LogP contribution is 2.19. The van der Waals surface area contributed by atoms with E-state index in [0.717, 1.165) is 5.56 Å². The van der Waals surface area contributed by atoms with Crippen molar-refractivity contribution >= 4 is 21.9 Å². The zero-order valence-corrected chi connectivity index (χ0v) is 14.4. The third-order valence-corrected chi connectivity index (χ3v) is 5.60. The molecule has 0 N–H and O–H groups in total. The average Bonchev–Trinajstić information content (AvgIpc) is 2.67. The van der Waals surface area contributed by atoms with E-state index in [1.165, 1.54) is 9.71 Å². The van der Waals surface area contributed by atoms with Gasteiger partial charge in [-0.25, -0.2) is 13.4 Å². The molecule has 128 valence electrons. The van der Waals surface area contributed by atoms with Gasteiger partial charge < -0.3 is 4.90 Å². The Balaban J connectivity index is 1.67. The van der Waals surface area contributed by atoms with E-state index in [1.54, 1.807) is 24.4 Å². The molecule has 0 radical (unpaired) electrons. The van der Waals surface area contributed by atoms with Gasteiger partial charge in [-0.1, -0.05) is 30.3 Å². The normalized spacial score (nSPS) is 16.0. The Labute approximate surface area is 147 Å². The van der Waals surface area contributed by atoms with Crippen LogP contribution < -0.4 is 4.90 Å². The van der Waals surface area contributed by atoms with Crippen molar-refractivity contribution in [1.82, 2.24) is 9.29 Å². The number of sulfonamides is 1. The summed E-state index contributed by atoms with van der Waals surface area (Å²) >= 11 is 0. The second kappa shape index (κ2) is 7.47. The van der Waals surface area contributed by atoms with E-state index in [1.807, 2.05) is 35.2 Å². The first-order valence-corrected chi connectivity index (χ1v) is 9.44. The van der Waals surface area contributed by atoms with Crippen molar-refractivity contribution in [3.63, 3.8) is 0 Å². The zero-order chi connectivity index (χ0) is 17.7. The summed E-state index contributed by atoms with van der Waals surface area (Å²) in [5.41, 5.74) is 1.35. The topological polar surface area (TPSA) is 77.3 Å². The molecular formula is C18H18N4O2S. The number of benzene rings is 1. The van der Waals surface area contributed by atoms with Gasteiger partial charge in [-0.15, -0.1) is 0 Å². The van der Waals surface area contributed by atoms with E-state index >= 15 is 0 Å². The summed E-state index contributed by atoms with van der Waals surface area (Å²) in [6.07, 6.45) is 3.25. The van der Waals surface area contributed by atoms with E-state index in [9.17, 15) is 13.7 Å². The van der Waals surface area contributed by atoms with Crippen LogP contribution in [0.5, 0.6) is 0 Å². The fraction of sp³-hybridized carbons (Fsp3) is 0.222. The Morgan fingerprint density at radius 1 is 1.04 bits per heavy atom. The van der Waals surface area contributed by atoms with Crippen molar-refractivity contribution in [2.45, 2.75) is 0 Å². The summed E-state index contributed by atoms with van der Waals surface area (Å²) in [6.45, 7) is 1.74. The van der Waals surface area contributed by atoms with Gasteiger partial charge >= 0.3 is 0 Å². The summed E-state index contributed by atoms with van der Waals surface area (Å²) in [5.74, 6) is 0.613. The molecule has 7 heteroatoms. The fourth-order valence-corrected chi connectivity index (χ4v) is 3.88. The molecule has 0 aliphatic carbocycles. The minimum Gasteiger partial charge on any atom is -0.353 e. The van der Waals surface area contributed by atoms with Gasteiger partial charge in [0.05, 0.1) is 5.56 Å². The van der Waals surface area contributed by atoms with Gasteiger partial charge in [0.1, 0.15) is 11.9 Å². The Hall–Kier alpha value is -2.69. The highest BCUT2D eigenvalue weighted by atomic mass is 32.2. The Morgan fingerprint density at radius 3 is 2.44 bits per heavy atom. The van der Waals surface area contributed by atoms with Gasteiger partial charge in [0.2, 0.25) is 10.0 Å². The lowest BCUT2D eigenvalue weighted by atomic mass is 10.2. The van der Waals surface area contributed by atoms with Crippen LogP contribution in [0.2, 0.25) is 0 Å². The number of nitriles is 1. The molecule has 3 rings (SSSR count). The first kappa shape index (κ1) is 17.1. The van der Waals surface area contributed by atoms with Crippen molar-refractivity contribution in [1.29, 1.82) is 5.26 Å². The van der Waals surface area contributed by atoms with Gasteiger partial charge in [0, 0.05) is 37.8 Å². The SMILES string of the molecule is N#Cc1cccnc1N1CCN(S(=O)(=O)C=Cc2ccccc2)CC1. The monoisotopic (exact) mass is 354 g/mol. The number of rotatable bonds is 4. The number of anilines is 1. The minimum atomic E-state index is -3.46. The Bertz CT molecular complexity index is 896. The summed E-state index contributed by atoms with van der Waals surface area (Å²) in [7, 11) is -3.46. The number of pyridine rings is 1. The highest BCUT2D eigenvalue weighted by Gasteiger charge is 2.26. The van der Waals surface area contributed by atoms with Gasteiger partial charge in [0.25, 0.3) is 0 Å². The molecule has 1 aromatic carbocycles. The highest BCUT2D eigenvalue weighted by molar-refractivity contribution is 7.92. The zero-order valence-electron chi connectivity index (χ0n) is 13.6. The average molecular weight is 354 g/mol. The standard InChI is InChI=1S/C18H18N4O2S/c19-15-17-7-4-9-20-18(17)21-10-12-22(13-11-21)25(23,24)14-8-16-5-2-1-3-6-16/h1-9,14H,10-13H2. The molecule has 6 nitrogen and oxygen atoms in total. The summed E-state index contributed by atoms with van der Waals surface area (Å²) in [6, 6.07) is 14.9. The van der Waals surface area contributed by atoms with Gasteiger partial charge in [-0.3, -0.25) is 0 Å². The van der Waals surface area contributed by atoms with Crippen LogP contribution in [0.4, 0.5) is 5.82 Å². The largest absolute Gasteiger partial charge is 0.353 e. The van der Waals surface area contributed by atoms with Gasteiger partial charge in [-0.05, 0) is 23.8 Å². The molecule has 0 unspecified atom stereocenters. The van der Waals surface area contributed by atoms with Crippen LogP contribution in [-0.4, -0.2) is 43.9 Å². The van der Waals surface area contributed by atoms with Crippen LogP contribution in [-0.2, 0) is 10.0 Å². The maximum absolute atomic E-state index is 12.5. The molecule has 0 spiro atoms. The molecule has 1 aromatic heterocycles. The maximum atomic E-state index is 12.5. The third-order valence-electron chi connectivity index (χ3n) is 4.04. The second-order valence-corrected chi connectivity index (χ2v) is 7.45. The van der Waals surface area contributed by atoms with E-state index in [4.69, 9.17) is 0 Å². The van der Waals surface area contributed by atoms with E-state index in [2.05, 4.69) is 11.1 Å². The number of hydrogen-bond acceptors (Lipinski definition) is 5. The third kappa shape index (κ3) is 4.05. The molecule has 0 saturated carbocycles. The lowest BCUT2D eigenvalue weighted by Gasteiger charge is -2.34. The Morgan fingerprint density at radius 2 is 1.76 bits per heavy atom. The Kier molecular flexibility index (Phi) is 5.12. The molecule has 2 aromatic rings. The molecule has 0 atom stereocenters. The van der Waals surface area contributed by atoms with E-state index < -0.39 is 10.0 Å². The first-order chi connectivity index (χ1) is 12.1. The fourth-order valence-electron chi connectivity index (χ4n) is 2.71. The molecule has 0 bridgehead atoms. The molecule has 2 heterocycles. The molecule has 1 saturated heterocycles. The van der Waals surface area contributed by atoms with Crippen molar-refractivity contribution in [3.8, 4) is 6.07 Å². The molecule has 1 aliphatic rings. The number of hydrogen-bond donors (Lipinski definition) is 0. The van der Waals surface area contributed by atoms with Crippen LogP contribution in [0.3, 0.4) is 0 Å². The molecule has 1 aliphatic heterocycles. The lowest BCUT2D eigenvalue weighted by Crippen LogP contribution is -2.48. The number of piperazine rings is 1. The summed E-state index contributed by atoms with van der Waals surface area (Å²) < 4.78 is 26.4. The van der Waals surface area contributed by atoms with Crippen molar-refractivity contribution in [3.05, 3.63) is 65.2 Å². The van der Waals surface area contributed by atoms with Crippen LogP contribution in [0, 0.1) is 11.3 Å². The van der Waals surface area contributed by atoms with Crippen LogP contribution in [0.1, 0.15) is 11.1 Å². The van der Waals surface area contributed by atoms with Crippen molar-refractivity contribution in [2.24, 2.45) is 0 Å². The van der Waals surface area contributed by atoms with Crippen LogP contribution in [0.25, 0.3) is 6.08 Å². The van der Waals surface area contributed by atoms with Crippen molar-refractivity contribution < 1.29 is 8.42 Å². The smallest absolute Gasteiger partial charge is 0.236 e. The quantitative estimate of drug-likeness (QED) is 0.840. The molecule has 1 fully saturated rings. The predicted octanol–water partition coefficient (Wildman–Crippen LogP) is 2.08. The molecular weight excluding hydrogens is 336 g/mol. The minimum absolute atomic E-state index is 0.364. The van der Waals surface area contributed by atoms with Gasteiger partial charge in [0.15, 0.2) is 0 Å². The van der Waals surface area contributed by atoms with Crippen LogP contribution in [0.15, 0.2) is 54.1 Å². The van der Waals surface area contributed by atoms with E-state index in [-0.39, 0.29) is 0 Å². The molecule has 25 heavy (non-hydrogen) atoms. The maximum Gasteiger partial charge on any atom is 0.236 e. The van der Waals surface area contributed by atoms with Crippen molar-refractivity contribution in [2.75, 3.05) is 31.1 Å². The van der Waals surface area contributed by atoms with Gasteiger partial charge in [-0.2, -0.15) is 9.57 Å². The predicted molar refractivity (Wildman–Crippen MR) is 97.1 cm³/mol. The lowest BCUT2D eigenvalue weighted by molar-refractivity contribution is 0.389. The summed E-state index contributed by atoms with van der Waals surface area (Å²) in [4.78, 5) is 6.21. The number of aromatic nitrogens is 1. The first-order valence-electron chi connectivity index (χ1n) is 7.93.